The SMILES string of the molecule is CF.Fc1ccc(C2=NOCC(CCl)=C2)cc1. The van der Waals surface area contributed by atoms with E-state index >= 15 is 0 Å². The molecule has 92 valence electrons. The van der Waals surface area contributed by atoms with Gasteiger partial charge in [0, 0.05) is 11.4 Å². The molecule has 0 bridgehead atoms. The number of nitrogens with zero attached hydrogens (tertiary/aromatic N) is 1. The summed E-state index contributed by atoms with van der Waals surface area (Å²) in [5.74, 6) is 0.151. The largest absolute Gasteiger partial charge is 0.391 e. The maximum atomic E-state index is 12.7. The van der Waals surface area contributed by atoms with Gasteiger partial charge >= 0.3 is 0 Å². The molecule has 5 heteroatoms. The molecule has 17 heavy (non-hydrogen) atoms. The Balaban J connectivity index is 0.000000686. The third kappa shape index (κ3) is 3.82. The molecule has 0 aliphatic carbocycles. The minimum atomic E-state index is -0.266. The summed E-state index contributed by atoms with van der Waals surface area (Å²) in [4.78, 5) is 5.01. The molecule has 0 amide bonds. The van der Waals surface area contributed by atoms with Gasteiger partial charge in [-0.05, 0) is 35.9 Å². The molecule has 1 aliphatic rings. The maximum absolute atomic E-state index is 12.7. The van der Waals surface area contributed by atoms with Crippen LogP contribution in [-0.4, -0.2) is 25.4 Å². The van der Waals surface area contributed by atoms with E-state index < -0.39 is 0 Å². The zero-order valence-corrected chi connectivity index (χ0v) is 10.0. The summed E-state index contributed by atoms with van der Waals surface area (Å²) >= 11 is 5.70. The Morgan fingerprint density at radius 2 is 1.94 bits per heavy atom. The quantitative estimate of drug-likeness (QED) is 0.747. The van der Waals surface area contributed by atoms with Gasteiger partial charge < -0.3 is 4.84 Å². The minimum absolute atomic E-state index is 0.266. The molecular formula is C12H12ClF2NO. The van der Waals surface area contributed by atoms with Gasteiger partial charge in [0.1, 0.15) is 18.1 Å². The number of hydrogen-bond acceptors (Lipinski definition) is 2. The van der Waals surface area contributed by atoms with Crippen molar-refractivity contribution in [2.45, 2.75) is 0 Å². The lowest BCUT2D eigenvalue weighted by Crippen LogP contribution is -2.09. The molecule has 0 N–H and O–H groups in total. The second-order valence-electron chi connectivity index (χ2n) is 3.19. The molecule has 1 aromatic rings. The lowest BCUT2D eigenvalue weighted by molar-refractivity contribution is 0.165. The first kappa shape index (κ1) is 13.6. The summed E-state index contributed by atoms with van der Waals surface area (Å²) in [5, 5.41) is 3.89. The van der Waals surface area contributed by atoms with Crippen LogP contribution in [0.25, 0.3) is 0 Å². The topological polar surface area (TPSA) is 21.6 Å². The maximum Gasteiger partial charge on any atom is 0.139 e. The third-order valence-corrected chi connectivity index (χ3v) is 2.41. The summed E-state index contributed by atoms with van der Waals surface area (Å²) in [6.45, 7) is 0.425. The van der Waals surface area contributed by atoms with E-state index in [1.807, 2.05) is 6.08 Å². The lowest BCUT2D eigenvalue weighted by Gasteiger charge is -2.11. The number of halogens is 3. The Kier molecular flexibility index (Phi) is 5.63. The van der Waals surface area contributed by atoms with Crippen LogP contribution < -0.4 is 0 Å². The van der Waals surface area contributed by atoms with Crippen LogP contribution in [0.2, 0.25) is 0 Å². The molecule has 0 spiro atoms. The third-order valence-electron chi connectivity index (χ3n) is 2.07. The number of allylic oxidation sites excluding steroid dienone is 1. The van der Waals surface area contributed by atoms with Crippen molar-refractivity contribution in [3.63, 3.8) is 0 Å². The highest BCUT2D eigenvalue weighted by Gasteiger charge is 2.09. The van der Waals surface area contributed by atoms with Gasteiger partial charge in [0.2, 0.25) is 0 Å². The van der Waals surface area contributed by atoms with Crippen molar-refractivity contribution >= 4 is 17.3 Å². The monoisotopic (exact) mass is 259 g/mol. The molecule has 0 aromatic heterocycles. The normalized spacial score (nSPS) is 13.9. The number of oxime groups is 1. The molecule has 0 radical (unpaired) electrons. The average Bonchev–Trinajstić information content (AvgIpc) is 2.42. The fraction of sp³-hybridized carbons (Fsp3) is 0.250. The van der Waals surface area contributed by atoms with Gasteiger partial charge in [-0.25, -0.2) is 4.39 Å². The molecule has 0 unspecified atom stereocenters. The summed E-state index contributed by atoms with van der Waals surface area (Å²) in [6.07, 6.45) is 1.86. The highest BCUT2D eigenvalue weighted by molar-refractivity contribution is 6.20. The van der Waals surface area contributed by atoms with E-state index in [1.165, 1.54) is 12.1 Å². The van der Waals surface area contributed by atoms with Crippen LogP contribution >= 0.6 is 11.6 Å². The second-order valence-corrected chi connectivity index (χ2v) is 3.46. The number of hydrogen-bond donors (Lipinski definition) is 0. The van der Waals surface area contributed by atoms with Crippen molar-refractivity contribution in [3.8, 4) is 0 Å². The summed E-state index contributed by atoms with van der Waals surface area (Å²) in [7, 11) is 0.500. The smallest absolute Gasteiger partial charge is 0.139 e. The van der Waals surface area contributed by atoms with E-state index in [2.05, 4.69) is 5.16 Å². The van der Waals surface area contributed by atoms with Crippen LogP contribution in [0, 0.1) is 5.82 Å². The summed E-state index contributed by atoms with van der Waals surface area (Å²) in [5.41, 5.74) is 2.46. The standard InChI is InChI=1S/C11H9ClFNO.CH3F/c12-6-8-5-11(14-15-7-8)9-1-3-10(13)4-2-9;1-2/h1-5H,6-7H2;1H3. The summed E-state index contributed by atoms with van der Waals surface area (Å²) < 4.78 is 22.2. The minimum Gasteiger partial charge on any atom is -0.391 e. The fourth-order valence-corrected chi connectivity index (χ4v) is 1.43. The molecule has 0 saturated carbocycles. The van der Waals surface area contributed by atoms with Crippen molar-refractivity contribution in [1.29, 1.82) is 0 Å². The Hall–Kier alpha value is -1.42. The highest BCUT2D eigenvalue weighted by Crippen LogP contribution is 2.12. The number of alkyl halides is 2. The van der Waals surface area contributed by atoms with Gasteiger partial charge in [-0.15, -0.1) is 11.6 Å². The molecule has 0 atom stereocenters. The molecule has 2 rings (SSSR count). The zero-order valence-electron chi connectivity index (χ0n) is 9.29. The molecule has 1 aromatic carbocycles. The van der Waals surface area contributed by atoms with Crippen molar-refractivity contribution in [2.24, 2.45) is 5.16 Å². The van der Waals surface area contributed by atoms with Gasteiger partial charge in [-0.2, -0.15) is 0 Å². The van der Waals surface area contributed by atoms with Crippen LogP contribution in [0.4, 0.5) is 8.78 Å². The fourth-order valence-electron chi connectivity index (χ4n) is 1.28. The molecule has 0 saturated heterocycles. The molecule has 1 heterocycles. The van der Waals surface area contributed by atoms with Crippen molar-refractivity contribution in [2.75, 3.05) is 19.7 Å². The van der Waals surface area contributed by atoms with Gasteiger partial charge in [-0.1, -0.05) is 5.16 Å². The number of rotatable bonds is 2. The van der Waals surface area contributed by atoms with Crippen LogP contribution in [0.5, 0.6) is 0 Å². The first-order valence-electron chi connectivity index (χ1n) is 4.88. The van der Waals surface area contributed by atoms with Gasteiger partial charge in [0.15, 0.2) is 0 Å². The highest BCUT2D eigenvalue weighted by atomic mass is 35.5. The van der Waals surface area contributed by atoms with Crippen LogP contribution in [0.15, 0.2) is 41.1 Å². The first-order chi connectivity index (χ1) is 8.29. The molecule has 0 fully saturated rings. The van der Waals surface area contributed by atoms with E-state index in [4.69, 9.17) is 16.4 Å². The van der Waals surface area contributed by atoms with Gasteiger partial charge in [0.05, 0.1) is 7.18 Å². The summed E-state index contributed by atoms with van der Waals surface area (Å²) in [6, 6.07) is 6.09. The Morgan fingerprint density at radius 1 is 1.29 bits per heavy atom. The van der Waals surface area contributed by atoms with Gasteiger partial charge in [0.25, 0.3) is 0 Å². The van der Waals surface area contributed by atoms with Crippen molar-refractivity contribution < 1.29 is 13.6 Å². The van der Waals surface area contributed by atoms with E-state index in [-0.39, 0.29) is 5.82 Å². The van der Waals surface area contributed by atoms with Crippen LogP contribution in [0.1, 0.15) is 5.56 Å². The predicted molar refractivity (Wildman–Crippen MR) is 64.7 cm³/mol. The Morgan fingerprint density at radius 3 is 2.53 bits per heavy atom. The first-order valence-corrected chi connectivity index (χ1v) is 5.42. The molecule has 2 nitrogen and oxygen atoms in total. The molecular weight excluding hydrogens is 248 g/mol. The average molecular weight is 260 g/mol. The second kappa shape index (κ2) is 7.01. The van der Waals surface area contributed by atoms with E-state index in [9.17, 15) is 8.78 Å². The zero-order chi connectivity index (χ0) is 12.7. The van der Waals surface area contributed by atoms with E-state index in [0.717, 1.165) is 11.1 Å². The number of benzene rings is 1. The van der Waals surface area contributed by atoms with Gasteiger partial charge in [-0.3, -0.25) is 4.39 Å². The van der Waals surface area contributed by atoms with E-state index in [1.54, 1.807) is 12.1 Å². The van der Waals surface area contributed by atoms with Crippen LogP contribution in [-0.2, 0) is 4.84 Å². The lowest BCUT2D eigenvalue weighted by atomic mass is 10.1. The molecule has 1 aliphatic heterocycles. The van der Waals surface area contributed by atoms with E-state index in [0.29, 0.717) is 25.4 Å². The Bertz CT molecular complexity index is 415. The van der Waals surface area contributed by atoms with Crippen LogP contribution in [0.3, 0.4) is 0 Å². The van der Waals surface area contributed by atoms with Crippen molar-refractivity contribution in [1.82, 2.24) is 0 Å². The van der Waals surface area contributed by atoms with Crippen molar-refractivity contribution in [3.05, 3.63) is 47.3 Å². The predicted octanol–water partition coefficient (Wildman–Crippen LogP) is 3.31. The Labute approximate surface area is 104 Å².